The normalized spacial score (nSPS) is 12.2. The molecule has 1 heterocycles. The van der Waals surface area contributed by atoms with Crippen LogP contribution in [0, 0.1) is 6.92 Å². The van der Waals surface area contributed by atoms with E-state index in [1.165, 1.54) is 11.3 Å². The second-order valence-electron chi connectivity index (χ2n) is 2.98. The molecule has 0 aliphatic heterocycles. The molecule has 0 spiro atoms. The van der Waals surface area contributed by atoms with E-state index in [1.807, 2.05) is 6.92 Å². The van der Waals surface area contributed by atoms with E-state index in [9.17, 15) is 8.76 Å². The monoisotopic (exact) mass is 281 g/mol. The van der Waals surface area contributed by atoms with Crippen LogP contribution in [0.3, 0.4) is 0 Å². The summed E-state index contributed by atoms with van der Waals surface area (Å²) in [4.78, 5) is 4.48. The molecule has 0 aliphatic carbocycles. The maximum absolute atomic E-state index is 10.8. The minimum Gasteiger partial charge on any atom is -0.768 e. The molecule has 0 radical (unpaired) electrons. The van der Waals surface area contributed by atoms with Crippen LogP contribution in [-0.2, 0) is 11.1 Å². The molecule has 0 fully saturated rings. The van der Waals surface area contributed by atoms with Crippen LogP contribution >= 0.6 is 11.3 Å². The standard InChI is InChI=1S/C8H9N3O2S2.K/c1-4-2-5(15(12)13)3-6-7(4)10-8(11-9)14-6;/h2-3H,9H2,1H3,(H,10,11)(H,12,13);/q;+1/p-1. The van der Waals surface area contributed by atoms with E-state index >= 15 is 0 Å². The van der Waals surface area contributed by atoms with Gasteiger partial charge < -0.3 is 4.55 Å². The van der Waals surface area contributed by atoms with Gasteiger partial charge in [0.1, 0.15) is 0 Å². The number of fused-ring (bicyclic) bond motifs is 1. The summed E-state index contributed by atoms with van der Waals surface area (Å²) < 4.78 is 22.4. The van der Waals surface area contributed by atoms with Crippen molar-refractivity contribution in [1.82, 2.24) is 4.98 Å². The molecule has 1 aromatic heterocycles. The van der Waals surface area contributed by atoms with Gasteiger partial charge in [-0.15, -0.1) is 0 Å². The Hall–Kier alpha value is 0.616. The average Bonchev–Trinajstić information content (AvgIpc) is 2.61. The Morgan fingerprint density at radius 2 is 2.25 bits per heavy atom. The van der Waals surface area contributed by atoms with Crippen LogP contribution in [0.1, 0.15) is 5.56 Å². The zero-order valence-electron chi connectivity index (χ0n) is 8.81. The topological polar surface area (TPSA) is 91.1 Å². The van der Waals surface area contributed by atoms with E-state index in [4.69, 9.17) is 5.84 Å². The first-order valence-corrected chi connectivity index (χ1v) is 5.98. The van der Waals surface area contributed by atoms with Crippen molar-refractivity contribution in [1.29, 1.82) is 0 Å². The Kier molecular flexibility index (Phi) is 5.49. The van der Waals surface area contributed by atoms with Crippen molar-refractivity contribution in [2.45, 2.75) is 11.8 Å². The number of thiazole rings is 1. The smallest absolute Gasteiger partial charge is 0.768 e. The minimum atomic E-state index is -2.21. The largest absolute Gasteiger partial charge is 1.00 e. The molecule has 3 N–H and O–H groups in total. The van der Waals surface area contributed by atoms with Gasteiger partial charge in [0, 0.05) is 4.90 Å². The quantitative estimate of drug-likeness (QED) is 0.291. The fourth-order valence-corrected chi connectivity index (χ4v) is 2.78. The van der Waals surface area contributed by atoms with Crippen LogP contribution in [0.15, 0.2) is 17.0 Å². The number of nitrogens with two attached hydrogens (primary N) is 1. The third kappa shape index (κ3) is 2.89. The molecule has 0 bridgehead atoms. The van der Waals surface area contributed by atoms with Crippen molar-refractivity contribution in [2.24, 2.45) is 5.84 Å². The molecule has 8 heteroatoms. The Morgan fingerprint density at radius 1 is 1.56 bits per heavy atom. The average molecular weight is 281 g/mol. The van der Waals surface area contributed by atoms with Crippen molar-refractivity contribution in [3.63, 3.8) is 0 Å². The van der Waals surface area contributed by atoms with Gasteiger partial charge in [0.05, 0.1) is 10.2 Å². The number of aromatic nitrogens is 1. The maximum atomic E-state index is 10.8. The van der Waals surface area contributed by atoms with E-state index < -0.39 is 11.1 Å². The molecule has 16 heavy (non-hydrogen) atoms. The number of anilines is 1. The van der Waals surface area contributed by atoms with Crippen LogP contribution < -0.4 is 62.7 Å². The Labute approximate surface area is 141 Å². The Balaban J connectivity index is 0.00000128. The summed E-state index contributed by atoms with van der Waals surface area (Å²) in [7, 11) is 0. The van der Waals surface area contributed by atoms with Crippen LogP contribution in [0.25, 0.3) is 10.2 Å². The molecule has 5 nitrogen and oxygen atoms in total. The summed E-state index contributed by atoms with van der Waals surface area (Å²) >= 11 is -0.888. The molecular weight excluding hydrogens is 273 g/mol. The van der Waals surface area contributed by atoms with E-state index in [0.29, 0.717) is 5.13 Å². The van der Waals surface area contributed by atoms with Gasteiger partial charge in [0.15, 0.2) is 5.13 Å². The van der Waals surface area contributed by atoms with Crippen LogP contribution in [0.5, 0.6) is 0 Å². The van der Waals surface area contributed by atoms with Crippen molar-refractivity contribution >= 4 is 37.8 Å². The third-order valence-corrected chi connectivity index (χ3v) is 3.53. The maximum Gasteiger partial charge on any atom is 1.00 e. The summed E-state index contributed by atoms with van der Waals surface area (Å²) in [6.45, 7) is 1.82. The van der Waals surface area contributed by atoms with Crippen LogP contribution in [0.4, 0.5) is 5.13 Å². The number of rotatable bonds is 2. The molecule has 80 valence electrons. The SMILES string of the molecule is Cc1cc(S(=O)[O-])cc2sc(NN)nc12.[K+]. The molecule has 2 aromatic rings. The zero-order chi connectivity index (χ0) is 11.0. The summed E-state index contributed by atoms with van der Waals surface area (Å²) in [6, 6.07) is 3.18. The van der Waals surface area contributed by atoms with Crippen molar-refractivity contribution in [2.75, 3.05) is 5.43 Å². The third-order valence-electron chi connectivity index (χ3n) is 1.97. The Bertz CT molecular complexity index is 543. The summed E-state index contributed by atoms with van der Waals surface area (Å²) in [5.74, 6) is 5.24. The first-order chi connectivity index (χ1) is 7.11. The van der Waals surface area contributed by atoms with Gasteiger partial charge >= 0.3 is 51.4 Å². The fraction of sp³-hybridized carbons (Fsp3) is 0.125. The number of aryl methyl sites for hydroxylation is 1. The minimum absolute atomic E-state index is 0. The molecule has 1 unspecified atom stereocenters. The number of hydrogen-bond donors (Lipinski definition) is 2. The zero-order valence-corrected chi connectivity index (χ0v) is 13.6. The summed E-state index contributed by atoms with van der Waals surface area (Å²) in [5, 5.41) is 0.571. The molecule has 2 rings (SSSR count). The van der Waals surface area contributed by atoms with E-state index in [1.54, 1.807) is 12.1 Å². The predicted molar refractivity (Wildman–Crippen MR) is 59.4 cm³/mol. The Morgan fingerprint density at radius 3 is 2.81 bits per heavy atom. The van der Waals surface area contributed by atoms with Crippen LogP contribution in [0.2, 0.25) is 0 Å². The van der Waals surface area contributed by atoms with Gasteiger partial charge in [-0.1, -0.05) is 11.3 Å². The van der Waals surface area contributed by atoms with Crippen molar-refractivity contribution < 1.29 is 60.1 Å². The first kappa shape index (κ1) is 14.7. The second kappa shape index (κ2) is 5.98. The fourth-order valence-electron chi connectivity index (χ4n) is 1.32. The van der Waals surface area contributed by atoms with Gasteiger partial charge in [-0.3, -0.25) is 9.63 Å². The second-order valence-corrected chi connectivity index (χ2v) is 4.96. The number of nitrogens with one attached hydrogen (secondary N) is 1. The predicted octanol–water partition coefficient (Wildman–Crippen LogP) is -1.87. The first-order valence-electron chi connectivity index (χ1n) is 4.09. The number of hydrogen-bond acceptors (Lipinski definition) is 6. The van der Waals surface area contributed by atoms with E-state index in [0.717, 1.165) is 15.8 Å². The molecule has 1 aromatic carbocycles. The number of benzene rings is 1. The van der Waals surface area contributed by atoms with E-state index in [-0.39, 0.29) is 56.3 Å². The summed E-state index contributed by atoms with van der Waals surface area (Å²) in [5.41, 5.74) is 4.05. The molecule has 0 aliphatic rings. The molecule has 0 amide bonds. The van der Waals surface area contributed by atoms with Gasteiger partial charge in [-0.05, 0) is 35.7 Å². The van der Waals surface area contributed by atoms with Gasteiger partial charge in [0.25, 0.3) is 0 Å². The van der Waals surface area contributed by atoms with E-state index in [2.05, 4.69) is 10.4 Å². The number of hydrazine groups is 1. The summed E-state index contributed by atoms with van der Waals surface area (Å²) in [6.07, 6.45) is 0. The van der Waals surface area contributed by atoms with Gasteiger partial charge in [0.2, 0.25) is 0 Å². The molecule has 0 saturated heterocycles. The van der Waals surface area contributed by atoms with Crippen molar-refractivity contribution in [3.8, 4) is 0 Å². The van der Waals surface area contributed by atoms with Gasteiger partial charge in [-0.25, -0.2) is 10.8 Å². The van der Waals surface area contributed by atoms with Crippen LogP contribution in [-0.4, -0.2) is 13.7 Å². The van der Waals surface area contributed by atoms with Crippen molar-refractivity contribution in [3.05, 3.63) is 17.7 Å². The van der Waals surface area contributed by atoms with Gasteiger partial charge in [-0.2, -0.15) is 0 Å². The number of nitrogen functional groups attached to an aromatic ring is 1. The molecular formula is C8H8KN3O2S2. The molecule has 0 saturated carbocycles. The molecule has 1 atom stereocenters. The number of nitrogens with zero attached hydrogens (tertiary/aromatic N) is 1.